The maximum atomic E-state index is 15.0. The summed E-state index contributed by atoms with van der Waals surface area (Å²) in [5.41, 5.74) is 3.31. The monoisotopic (exact) mass is 468 g/mol. The number of carbonyl (C=O) groups is 2. The Kier molecular flexibility index (Phi) is 6.27. The summed E-state index contributed by atoms with van der Waals surface area (Å²) in [7, 11) is 1.98. The van der Waals surface area contributed by atoms with E-state index in [9.17, 15) is 9.59 Å². The first kappa shape index (κ1) is 23.4. The summed E-state index contributed by atoms with van der Waals surface area (Å²) in [4.78, 5) is 28.8. The Morgan fingerprint density at radius 2 is 1.91 bits per heavy atom. The first-order chi connectivity index (χ1) is 15.6. The van der Waals surface area contributed by atoms with Gasteiger partial charge in [-0.1, -0.05) is 24.6 Å². The van der Waals surface area contributed by atoms with Crippen molar-refractivity contribution in [2.45, 2.75) is 45.6 Å². The molecular weight excluding hydrogens is 439 g/mol. The summed E-state index contributed by atoms with van der Waals surface area (Å²) in [6, 6.07) is 10.9. The molecule has 1 atom stereocenters. The van der Waals surface area contributed by atoms with Gasteiger partial charge in [-0.2, -0.15) is 0 Å². The van der Waals surface area contributed by atoms with E-state index < -0.39 is 11.7 Å². The van der Waals surface area contributed by atoms with Gasteiger partial charge in [0, 0.05) is 23.8 Å². The van der Waals surface area contributed by atoms with Crippen LogP contribution in [-0.2, 0) is 4.79 Å². The highest BCUT2D eigenvalue weighted by Gasteiger charge is 2.37. The fourth-order valence-corrected chi connectivity index (χ4v) is 5.29. The van der Waals surface area contributed by atoms with Crippen LogP contribution in [0.4, 0.5) is 14.9 Å². The summed E-state index contributed by atoms with van der Waals surface area (Å²) in [5, 5.41) is -0.369. The summed E-state index contributed by atoms with van der Waals surface area (Å²) in [6.07, 6.45) is 2.44. The van der Waals surface area contributed by atoms with Crippen LogP contribution in [0.5, 0.6) is 5.75 Å². The van der Waals surface area contributed by atoms with E-state index in [1.54, 1.807) is 0 Å². The van der Waals surface area contributed by atoms with Crippen molar-refractivity contribution >= 4 is 34.7 Å². The van der Waals surface area contributed by atoms with Crippen LogP contribution in [0.25, 0.3) is 6.08 Å². The second-order valence-electron chi connectivity index (χ2n) is 9.40. The molecule has 5 nitrogen and oxygen atoms in total. The summed E-state index contributed by atoms with van der Waals surface area (Å²) < 4.78 is 20.7. The van der Waals surface area contributed by atoms with Crippen LogP contribution in [0.1, 0.15) is 49.8 Å². The molecular formula is C26H29FN2O3S. The average molecular weight is 469 g/mol. The molecule has 1 unspecified atom stereocenters. The minimum Gasteiger partial charge on any atom is -0.492 e. The Hall–Kier alpha value is -2.80. The summed E-state index contributed by atoms with van der Waals surface area (Å²) in [6.45, 7) is 8.76. The van der Waals surface area contributed by atoms with Crippen LogP contribution in [0, 0.1) is 12.7 Å². The second kappa shape index (κ2) is 8.86. The van der Waals surface area contributed by atoms with Gasteiger partial charge in [0.25, 0.3) is 11.1 Å². The highest BCUT2D eigenvalue weighted by Crippen LogP contribution is 2.44. The largest absolute Gasteiger partial charge is 0.492 e. The van der Waals surface area contributed by atoms with Gasteiger partial charge in [0.15, 0.2) is 0 Å². The molecule has 2 aliphatic rings. The molecule has 2 aromatic rings. The van der Waals surface area contributed by atoms with Crippen LogP contribution >= 0.6 is 11.8 Å². The SMILES string of the molecule is Cc1ccc(OCCN2C(=O)S/C(=C/c3cc4c(cc3F)N(C)C(C)(C)CC4C)C2=O)cc1. The lowest BCUT2D eigenvalue weighted by atomic mass is 9.80. The number of aryl methyl sites for hydroxylation is 1. The number of imide groups is 1. The van der Waals surface area contributed by atoms with E-state index in [-0.39, 0.29) is 34.8 Å². The number of carbonyl (C=O) groups excluding carboxylic acids is 2. The van der Waals surface area contributed by atoms with Crippen molar-refractivity contribution in [2.75, 3.05) is 25.1 Å². The number of anilines is 1. The number of fused-ring (bicyclic) bond motifs is 1. The standard InChI is InChI=1S/C26H29FN2O3S/c1-16-6-8-19(9-7-16)32-11-10-29-24(30)23(33-25(29)31)13-18-12-20-17(2)15-26(3,4)28(5)22(20)14-21(18)27/h6-9,12-14,17H,10-11,15H2,1-5H3/b23-13+. The predicted octanol–water partition coefficient (Wildman–Crippen LogP) is 5.97. The number of ether oxygens (including phenoxy) is 1. The van der Waals surface area contributed by atoms with Crippen LogP contribution in [0.3, 0.4) is 0 Å². The van der Waals surface area contributed by atoms with E-state index in [1.165, 1.54) is 12.1 Å². The van der Waals surface area contributed by atoms with E-state index in [2.05, 4.69) is 25.7 Å². The molecule has 0 spiro atoms. The predicted molar refractivity (Wildman–Crippen MR) is 131 cm³/mol. The van der Waals surface area contributed by atoms with Crippen molar-refractivity contribution in [3.05, 3.63) is 63.8 Å². The Balaban J connectivity index is 1.50. The zero-order valence-electron chi connectivity index (χ0n) is 19.6. The molecule has 0 aromatic heterocycles. The Morgan fingerprint density at radius 1 is 1.21 bits per heavy atom. The average Bonchev–Trinajstić information content (AvgIpc) is 3.01. The maximum absolute atomic E-state index is 15.0. The molecule has 2 aromatic carbocycles. The molecule has 174 valence electrons. The molecule has 0 radical (unpaired) electrons. The Morgan fingerprint density at radius 3 is 2.61 bits per heavy atom. The van der Waals surface area contributed by atoms with E-state index >= 15 is 4.39 Å². The second-order valence-corrected chi connectivity index (χ2v) is 10.4. The lowest BCUT2D eigenvalue weighted by Gasteiger charge is -2.45. The number of rotatable bonds is 5. The van der Waals surface area contributed by atoms with Crippen molar-refractivity contribution in [2.24, 2.45) is 0 Å². The number of hydrogen-bond acceptors (Lipinski definition) is 5. The van der Waals surface area contributed by atoms with Crippen LogP contribution in [-0.4, -0.2) is 41.8 Å². The molecule has 0 saturated carbocycles. The zero-order valence-corrected chi connectivity index (χ0v) is 20.5. The lowest BCUT2D eigenvalue weighted by Crippen LogP contribution is -2.45. The van der Waals surface area contributed by atoms with Gasteiger partial charge in [-0.25, -0.2) is 4.39 Å². The third kappa shape index (κ3) is 4.64. The minimum atomic E-state index is -0.416. The van der Waals surface area contributed by atoms with Crippen LogP contribution < -0.4 is 9.64 Å². The molecule has 2 amide bonds. The van der Waals surface area contributed by atoms with E-state index in [1.807, 2.05) is 44.3 Å². The molecule has 0 aliphatic carbocycles. The zero-order chi connectivity index (χ0) is 23.9. The molecule has 2 aliphatic heterocycles. The fourth-order valence-electron chi connectivity index (χ4n) is 4.44. The Labute approximate surface area is 198 Å². The molecule has 1 saturated heterocycles. The van der Waals surface area contributed by atoms with Crippen LogP contribution in [0.2, 0.25) is 0 Å². The first-order valence-corrected chi connectivity index (χ1v) is 11.9. The number of hydrogen-bond donors (Lipinski definition) is 0. The van der Waals surface area contributed by atoms with E-state index in [4.69, 9.17) is 4.74 Å². The van der Waals surface area contributed by atoms with Crippen molar-refractivity contribution in [3.8, 4) is 5.75 Å². The molecule has 7 heteroatoms. The molecule has 33 heavy (non-hydrogen) atoms. The van der Waals surface area contributed by atoms with Gasteiger partial charge in [0.2, 0.25) is 0 Å². The van der Waals surface area contributed by atoms with Gasteiger partial charge in [-0.3, -0.25) is 14.5 Å². The highest BCUT2D eigenvalue weighted by atomic mass is 32.2. The minimum absolute atomic E-state index is 0.0658. The molecule has 4 rings (SSSR count). The van der Waals surface area contributed by atoms with Crippen molar-refractivity contribution < 1.29 is 18.7 Å². The van der Waals surface area contributed by atoms with E-state index in [0.29, 0.717) is 11.3 Å². The third-order valence-corrected chi connectivity index (χ3v) is 7.42. The normalized spacial score (nSPS) is 21.0. The molecule has 0 bridgehead atoms. The highest BCUT2D eigenvalue weighted by molar-refractivity contribution is 8.18. The summed E-state index contributed by atoms with van der Waals surface area (Å²) >= 11 is 0.838. The van der Waals surface area contributed by atoms with E-state index in [0.717, 1.165) is 39.9 Å². The van der Waals surface area contributed by atoms with Gasteiger partial charge >= 0.3 is 0 Å². The fraction of sp³-hybridized carbons (Fsp3) is 0.385. The smallest absolute Gasteiger partial charge is 0.293 e. The van der Waals surface area contributed by atoms with Crippen LogP contribution in [0.15, 0.2) is 41.3 Å². The third-order valence-electron chi connectivity index (χ3n) is 6.52. The quantitative estimate of drug-likeness (QED) is 0.506. The Bertz CT molecular complexity index is 1130. The summed E-state index contributed by atoms with van der Waals surface area (Å²) in [5.74, 6) is 0.121. The van der Waals surface area contributed by atoms with Gasteiger partial charge in [0.1, 0.15) is 18.2 Å². The van der Waals surface area contributed by atoms with Crippen molar-refractivity contribution in [1.29, 1.82) is 0 Å². The molecule has 1 fully saturated rings. The number of halogens is 1. The topological polar surface area (TPSA) is 49.9 Å². The van der Waals surface area contributed by atoms with Crippen molar-refractivity contribution in [1.82, 2.24) is 4.90 Å². The number of thioether (sulfide) groups is 1. The number of amides is 2. The number of benzene rings is 2. The van der Waals surface area contributed by atoms with Gasteiger partial charge in [0.05, 0.1) is 11.4 Å². The molecule has 2 heterocycles. The molecule has 0 N–H and O–H groups in total. The lowest BCUT2D eigenvalue weighted by molar-refractivity contribution is -0.123. The van der Waals surface area contributed by atoms with Gasteiger partial charge < -0.3 is 9.64 Å². The van der Waals surface area contributed by atoms with Crippen molar-refractivity contribution in [3.63, 3.8) is 0 Å². The van der Waals surface area contributed by atoms with Gasteiger partial charge in [-0.05, 0) is 80.8 Å². The first-order valence-electron chi connectivity index (χ1n) is 11.1. The van der Waals surface area contributed by atoms with Gasteiger partial charge in [-0.15, -0.1) is 0 Å². The number of nitrogens with zero attached hydrogens (tertiary/aromatic N) is 2. The maximum Gasteiger partial charge on any atom is 0.293 e.